The van der Waals surface area contributed by atoms with Crippen LogP contribution in [-0.4, -0.2) is 30.0 Å². The molecule has 1 aliphatic heterocycles. The summed E-state index contributed by atoms with van der Waals surface area (Å²) >= 11 is 1.80. The maximum Gasteiger partial charge on any atom is 0.194 e. The number of aliphatic imine (C=N–C) groups is 1. The maximum atomic E-state index is 4.44. The second-order valence-corrected chi connectivity index (χ2v) is 7.46. The summed E-state index contributed by atoms with van der Waals surface area (Å²) in [4.78, 5) is 8.20. The van der Waals surface area contributed by atoms with Crippen molar-refractivity contribution in [3.8, 4) is 0 Å². The third-order valence-corrected chi connectivity index (χ3v) is 5.75. The molecule has 2 rings (SSSR count). The van der Waals surface area contributed by atoms with E-state index in [0.717, 1.165) is 19.0 Å². The highest BCUT2D eigenvalue weighted by molar-refractivity contribution is 7.10. The average molecular weight is 279 g/mol. The zero-order valence-electron chi connectivity index (χ0n) is 12.9. The molecule has 0 aromatic carbocycles. The number of thiophene rings is 1. The molecule has 0 atom stereocenters. The fourth-order valence-corrected chi connectivity index (χ4v) is 3.29. The number of nitrogens with one attached hydrogen (secondary N) is 1. The Labute approximate surface area is 120 Å². The highest BCUT2D eigenvalue weighted by Gasteiger charge is 2.53. The van der Waals surface area contributed by atoms with Crippen molar-refractivity contribution in [1.29, 1.82) is 0 Å². The lowest BCUT2D eigenvalue weighted by atomic mass is 9.65. The topological polar surface area (TPSA) is 27.6 Å². The molecule has 0 amide bonds. The van der Waals surface area contributed by atoms with E-state index < -0.39 is 0 Å². The lowest BCUT2D eigenvalue weighted by Gasteiger charge is -2.62. The Morgan fingerprint density at radius 3 is 2.53 bits per heavy atom. The SMILES string of the molecule is CN=C(NCc1sccc1C)N1CC(C)(C)C1(C)C. The van der Waals surface area contributed by atoms with E-state index in [1.54, 1.807) is 11.3 Å². The third-order valence-electron chi connectivity index (χ3n) is 4.73. The molecule has 0 saturated carbocycles. The normalized spacial score (nSPS) is 21.2. The number of hydrogen-bond donors (Lipinski definition) is 1. The number of hydrogen-bond acceptors (Lipinski definition) is 2. The Bertz CT molecular complexity index is 485. The van der Waals surface area contributed by atoms with E-state index in [1.807, 2.05) is 7.05 Å². The fourth-order valence-electron chi connectivity index (χ4n) is 2.44. The molecule has 0 unspecified atom stereocenters. The minimum Gasteiger partial charge on any atom is -0.351 e. The number of guanidine groups is 1. The summed E-state index contributed by atoms with van der Waals surface area (Å²) in [6.07, 6.45) is 0. The Balaban J connectivity index is 2.02. The third kappa shape index (κ3) is 2.38. The minimum atomic E-state index is 0.152. The molecule has 0 bridgehead atoms. The second-order valence-electron chi connectivity index (χ2n) is 6.46. The summed E-state index contributed by atoms with van der Waals surface area (Å²) in [6.45, 7) is 13.3. The van der Waals surface area contributed by atoms with Gasteiger partial charge in [-0.1, -0.05) is 13.8 Å². The van der Waals surface area contributed by atoms with Crippen LogP contribution in [0.3, 0.4) is 0 Å². The fraction of sp³-hybridized carbons (Fsp3) is 0.667. The Morgan fingerprint density at radius 2 is 2.11 bits per heavy atom. The highest BCUT2D eigenvalue weighted by atomic mass is 32.1. The summed E-state index contributed by atoms with van der Waals surface area (Å²) in [7, 11) is 1.87. The van der Waals surface area contributed by atoms with Gasteiger partial charge in [-0.25, -0.2) is 0 Å². The van der Waals surface area contributed by atoms with Gasteiger partial charge in [0.15, 0.2) is 5.96 Å². The van der Waals surface area contributed by atoms with Crippen LogP contribution in [0.15, 0.2) is 16.4 Å². The molecule has 4 heteroatoms. The van der Waals surface area contributed by atoms with Crippen molar-refractivity contribution >= 4 is 17.3 Å². The quantitative estimate of drug-likeness (QED) is 0.665. The number of rotatable bonds is 2. The Morgan fingerprint density at radius 1 is 1.42 bits per heavy atom. The van der Waals surface area contributed by atoms with Crippen molar-refractivity contribution in [1.82, 2.24) is 10.2 Å². The van der Waals surface area contributed by atoms with Crippen molar-refractivity contribution in [2.24, 2.45) is 10.4 Å². The molecule has 1 aromatic rings. The number of aryl methyl sites for hydroxylation is 1. The summed E-state index contributed by atoms with van der Waals surface area (Å²) in [6, 6.07) is 2.17. The van der Waals surface area contributed by atoms with Crippen LogP contribution in [0.1, 0.15) is 38.1 Å². The van der Waals surface area contributed by atoms with Crippen LogP contribution < -0.4 is 5.32 Å². The first-order chi connectivity index (χ1) is 8.79. The van der Waals surface area contributed by atoms with Crippen molar-refractivity contribution in [2.75, 3.05) is 13.6 Å². The van der Waals surface area contributed by atoms with Gasteiger partial charge in [0.1, 0.15) is 0 Å². The molecule has 19 heavy (non-hydrogen) atoms. The lowest BCUT2D eigenvalue weighted by molar-refractivity contribution is -0.0667. The first kappa shape index (κ1) is 14.4. The van der Waals surface area contributed by atoms with Crippen LogP contribution in [0.25, 0.3) is 0 Å². The van der Waals surface area contributed by atoms with Gasteiger partial charge in [0.05, 0.1) is 6.54 Å². The second kappa shape index (κ2) is 4.82. The molecule has 1 N–H and O–H groups in total. The van der Waals surface area contributed by atoms with E-state index >= 15 is 0 Å². The van der Waals surface area contributed by atoms with Gasteiger partial charge in [0, 0.05) is 29.4 Å². The highest BCUT2D eigenvalue weighted by Crippen LogP contribution is 2.46. The molecule has 1 aliphatic rings. The van der Waals surface area contributed by atoms with Crippen molar-refractivity contribution in [2.45, 2.75) is 46.7 Å². The van der Waals surface area contributed by atoms with Gasteiger partial charge >= 0.3 is 0 Å². The molecule has 1 fully saturated rings. The van der Waals surface area contributed by atoms with E-state index in [1.165, 1.54) is 10.4 Å². The molecule has 1 aromatic heterocycles. The Kier molecular flexibility index (Phi) is 3.65. The van der Waals surface area contributed by atoms with Gasteiger partial charge in [-0.2, -0.15) is 0 Å². The van der Waals surface area contributed by atoms with Gasteiger partial charge < -0.3 is 10.2 Å². The van der Waals surface area contributed by atoms with Crippen LogP contribution in [0, 0.1) is 12.3 Å². The smallest absolute Gasteiger partial charge is 0.194 e. The number of likely N-dealkylation sites (tertiary alicyclic amines) is 1. The lowest BCUT2D eigenvalue weighted by Crippen LogP contribution is -2.72. The van der Waals surface area contributed by atoms with Crippen LogP contribution in [-0.2, 0) is 6.54 Å². The standard InChI is InChI=1S/C15H25N3S/c1-11-7-8-19-12(11)9-17-13(16-6)18-10-14(2,3)15(18,4)5/h7-8H,9-10H2,1-6H3,(H,16,17). The molecular weight excluding hydrogens is 254 g/mol. The largest absolute Gasteiger partial charge is 0.351 e. The van der Waals surface area contributed by atoms with Gasteiger partial charge in [-0.05, 0) is 37.8 Å². The predicted octanol–water partition coefficient (Wildman–Crippen LogP) is 3.25. The van der Waals surface area contributed by atoms with E-state index in [2.05, 4.69) is 61.3 Å². The van der Waals surface area contributed by atoms with Crippen molar-refractivity contribution in [3.05, 3.63) is 21.9 Å². The predicted molar refractivity (Wildman–Crippen MR) is 83.8 cm³/mol. The molecule has 106 valence electrons. The summed E-state index contributed by atoms with van der Waals surface area (Å²) in [5.74, 6) is 1.01. The van der Waals surface area contributed by atoms with Gasteiger partial charge in [-0.15, -0.1) is 11.3 Å². The Hall–Kier alpha value is -1.03. The van der Waals surface area contributed by atoms with Crippen LogP contribution in [0.4, 0.5) is 0 Å². The molecule has 0 spiro atoms. The summed E-state index contributed by atoms with van der Waals surface area (Å²) in [5, 5.41) is 5.64. The van der Waals surface area contributed by atoms with E-state index in [0.29, 0.717) is 5.41 Å². The van der Waals surface area contributed by atoms with Crippen LogP contribution in [0.5, 0.6) is 0 Å². The zero-order chi connectivity index (χ0) is 14.3. The minimum absolute atomic E-state index is 0.152. The van der Waals surface area contributed by atoms with E-state index in [4.69, 9.17) is 0 Å². The van der Waals surface area contributed by atoms with Gasteiger partial charge in [0.25, 0.3) is 0 Å². The molecule has 1 saturated heterocycles. The molecule has 0 radical (unpaired) electrons. The zero-order valence-corrected chi connectivity index (χ0v) is 13.7. The van der Waals surface area contributed by atoms with Crippen LogP contribution in [0.2, 0.25) is 0 Å². The molecule has 2 heterocycles. The van der Waals surface area contributed by atoms with Crippen molar-refractivity contribution < 1.29 is 0 Å². The van der Waals surface area contributed by atoms with Gasteiger partial charge in [-0.3, -0.25) is 4.99 Å². The van der Waals surface area contributed by atoms with E-state index in [-0.39, 0.29) is 5.54 Å². The molecule has 3 nitrogen and oxygen atoms in total. The summed E-state index contributed by atoms with van der Waals surface area (Å²) < 4.78 is 0. The van der Waals surface area contributed by atoms with Crippen LogP contribution >= 0.6 is 11.3 Å². The maximum absolute atomic E-state index is 4.44. The molecule has 0 aliphatic carbocycles. The first-order valence-corrected chi connectivity index (χ1v) is 7.69. The average Bonchev–Trinajstić information content (AvgIpc) is 2.74. The monoisotopic (exact) mass is 279 g/mol. The first-order valence-electron chi connectivity index (χ1n) is 6.81. The van der Waals surface area contributed by atoms with Gasteiger partial charge in [0.2, 0.25) is 0 Å². The molecular formula is C15H25N3S. The number of nitrogens with zero attached hydrogens (tertiary/aromatic N) is 2. The van der Waals surface area contributed by atoms with Crippen molar-refractivity contribution in [3.63, 3.8) is 0 Å². The summed E-state index contributed by atoms with van der Waals surface area (Å²) in [5.41, 5.74) is 1.85. The van der Waals surface area contributed by atoms with E-state index in [9.17, 15) is 0 Å².